The van der Waals surface area contributed by atoms with Crippen LogP contribution in [0, 0.1) is 6.92 Å². The monoisotopic (exact) mass is 444 g/mol. The van der Waals surface area contributed by atoms with Gasteiger partial charge in [0.25, 0.3) is 11.5 Å². The molecule has 3 aliphatic rings. The number of hydrogen-bond donors (Lipinski definition) is 0. The summed E-state index contributed by atoms with van der Waals surface area (Å²) in [7, 11) is 0. The fourth-order valence-electron chi connectivity index (χ4n) is 5.28. The molecule has 1 amide bonds. The lowest BCUT2D eigenvalue weighted by atomic mass is 9.76. The molecule has 0 bridgehead atoms. The van der Waals surface area contributed by atoms with Crippen molar-refractivity contribution in [2.45, 2.75) is 51.0 Å². The van der Waals surface area contributed by atoms with Crippen LogP contribution < -0.4 is 10.3 Å². The first-order valence-corrected chi connectivity index (χ1v) is 11.7. The molecule has 3 aromatic rings. The highest BCUT2D eigenvalue weighted by Crippen LogP contribution is 2.45. The van der Waals surface area contributed by atoms with E-state index in [-0.39, 0.29) is 16.9 Å². The molecule has 1 aromatic carbocycles. The number of aryl methyl sites for hydroxylation is 1. The van der Waals surface area contributed by atoms with Crippen LogP contribution >= 0.6 is 0 Å². The van der Waals surface area contributed by atoms with E-state index in [4.69, 9.17) is 4.74 Å². The Labute approximate surface area is 192 Å². The first-order chi connectivity index (χ1) is 15.9. The van der Waals surface area contributed by atoms with Crippen molar-refractivity contribution in [3.63, 3.8) is 0 Å². The zero-order valence-electron chi connectivity index (χ0n) is 19.1. The van der Waals surface area contributed by atoms with Crippen molar-refractivity contribution in [3.05, 3.63) is 75.7 Å². The molecule has 0 N–H and O–H groups in total. The average Bonchev–Trinajstić information content (AvgIpc) is 3.57. The zero-order chi connectivity index (χ0) is 22.7. The number of fused-ring (bicyclic) bond motifs is 2. The third-order valence-electron chi connectivity index (χ3n) is 7.40. The zero-order valence-corrected chi connectivity index (χ0v) is 19.1. The van der Waals surface area contributed by atoms with Gasteiger partial charge in [0.2, 0.25) is 0 Å². The molecule has 0 radical (unpaired) electrons. The molecule has 1 fully saturated rings. The van der Waals surface area contributed by atoms with Crippen LogP contribution in [0.2, 0.25) is 0 Å². The van der Waals surface area contributed by atoms with Gasteiger partial charge in [-0.15, -0.1) is 0 Å². The standard InChI is InChI=1S/C26H28N4O3/c1-17-14-29(16-27-17)21-6-7-22-24(31)28(10-11-30(22)25(21)32)15-26(2)9-12-33-23-8-5-19(13-20(23)26)18-3-4-18/h5-8,13-14,16,18H,3-4,9-12,15H2,1-2H3/t26-/m0/s1. The molecule has 0 spiro atoms. The van der Waals surface area contributed by atoms with Gasteiger partial charge in [-0.3, -0.25) is 9.59 Å². The van der Waals surface area contributed by atoms with E-state index in [9.17, 15) is 9.59 Å². The molecule has 2 aromatic heterocycles. The van der Waals surface area contributed by atoms with Crippen molar-refractivity contribution in [2.75, 3.05) is 19.7 Å². The maximum atomic E-state index is 13.4. The molecule has 0 saturated heterocycles. The minimum Gasteiger partial charge on any atom is -0.493 e. The number of benzene rings is 1. The molecule has 1 saturated carbocycles. The molecule has 7 nitrogen and oxygen atoms in total. The molecule has 7 heteroatoms. The Bertz CT molecular complexity index is 1320. The lowest BCUT2D eigenvalue weighted by molar-refractivity contribution is 0.0631. The number of carbonyl (C=O) groups excluding carboxylic acids is 1. The minimum atomic E-state index is -0.176. The number of rotatable bonds is 4. The van der Waals surface area contributed by atoms with Crippen LogP contribution in [0.5, 0.6) is 5.75 Å². The smallest absolute Gasteiger partial charge is 0.275 e. The van der Waals surface area contributed by atoms with E-state index in [0.29, 0.717) is 43.5 Å². The summed E-state index contributed by atoms with van der Waals surface area (Å²) in [6, 6.07) is 10.1. The SMILES string of the molecule is Cc1cn(-c2ccc3n(c2=O)CCN(C[C@]2(C)CCOc4ccc(C5CC5)cc42)C3=O)cn1. The largest absolute Gasteiger partial charge is 0.493 e. The molecule has 1 aliphatic carbocycles. The Morgan fingerprint density at radius 2 is 2.00 bits per heavy atom. The topological polar surface area (TPSA) is 69.4 Å². The predicted octanol–water partition coefficient (Wildman–Crippen LogP) is 3.42. The number of pyridine rings is 1. The molecule has 6 rings (SSSR count). The number of ether oxygens (including phenoxy) is 1. The maximum Gasteiger partial charge on any atom is 0.275 e. The number of imidazole rings is 1. The summed E-state index contributed by atoms with van der Waals surface area (Å²) in [4.78, 5) is 32.7. The summed E-state index contributed by atoms with van der Waals surface area (Å²) in [5, 5.41) is 0. The second kappa shape index (κ2) is 7.33. The fraction of sp³-hybridized carbons (Fsp3) is 0.423. The molecule has 2 aliphatic heterocycles. The first-order valence-electron chi connectivity index (χ1n) is 11.7. The second-order valence-electron chi connectivity index (χ2n) is 9.90. The number of nitrogens with zero attached hydrogens (tertiary/aromatic N) is 4. The van der Waals surface area contributed by atoms with E-state index in [1.807, 2.05) is 18.0 Å². The van der Waals surface area contributed by atoms with Gasteiger partial charge in [0, 0.05) is 36.8 Å². The van der Waals surface area contributed by atoms with Gasteiger partial charge in [-0.1, -0.05) is 19.1 Å². The summed E-state index contributed by atoms with van der Waals surface area (Å²) in [6.07, 6.45) is 6.83. The quantitative estimate of drug-likeness (QED) is 0.618. The highest BCUT2D eigenvalue weighted by atomic mass is 16.5. The van der Waals surface area contributed by atoms with E-state index in [0.717, 1.165) is 17.9 Å². The number of aromatic nitrogens is 3. The summed E-state index contributed by atoms with van der Waals surface area (Å²) in [5.41, 5.74) is 4.07. The Morgan fingerprint density at radius 3 is 2.76 bits per heavy atom. The highest BCUT2D eigenvalue weighted by molar-refractivity contribution is 5.93. The Hall–Kier alpha value is -3.35. The average molecular weight is 445 g/mol. The lowest BCUT2D eigenvalue weighted by Gasteiger charge is -2.41. The van der Waals surface area contributed by atoms with Crippen LogP contribution in [-0.2, 0) is 12.0 Å². The predicted molar refractivity (Wildman–Crippen MR) is 124 cm³/mol. The van der Waals surface area contributed by atoms with Crippen LogP contribution in [0.3, 0.4) is 0 Å². The summed E-state index contributed by atoms with van der Waals surface area (Å²) >= 11 is 0. The van der Waals surface area contributed by atoms with E-state index in [1.54, 1.807) is 27.6 Å². The van der Waals surface area contributed by atoms with Crippen LogP contribution in [0.15, 0.2) is 47.7 Å². The van der Waals surface area contributed by atoms with Gasteiger partial charge in [-0.2, -0.15) is 0 Å². The van der Waals surface area contributed by atoms with Gasteiger partial charge < -0.3 is 18.8 Å². The fourth-order valence-corrected chi connectivity index (χ4v) is 5.28. The molecule has 33 heavy (non-hydrogen) atoms. The lowest BCUT2D eigenvalue weighted by Crippen LogP contribution is -2.50. The Morgan fingerprint density at radius 1 is 1.15 bits per heavy atom. The number of carbonyl (C=O) groups is 1. The van der Waals surface area contributed by atoms with Crippen molar-refractivity contribution in [1.82, 2.24) is 19.0 Å². The van der Waals surface area contributed by atoms with Crippen molar-refractivity contribution >= 4 is 5.91 Å². The van der Waals surface area contributed by atoms with Crippen LogP contribution in [-0.4, -0.2) is 44.6 Å². The maximum absolute atomic E-state index is 13.4. The minimum absolute atomic E-state index is 0.0840. The summed E-state index contributed by atoms with van der Waals surface area (Å²) in [5.74, 6) is 1.53. The van der Waals surface area contributed by atoms with Gasteiger partial charge in [0.05, 0.1) is 18.6 Å². The van der Waals surface area contributed by atoms with Crippen molar-refractivity contribution in [3.8, 4) is 11.4 Å². The van der Waals surface area contributed by atoms with Crippen molar-refractivity contribution in [1.29, 1.82) is 0 Å². The van der Waals surface area contributed by atoms with E-state index >= 15 is 0 Å². The molecule has 170 valence electrons. The molecule has 1 atom stereocenters. The van der Waals surface area contributed by atoms with Crippen molar-refractivity contribution < 1.29 is 9.53 Å². The molecular formula is C26H28N4O3. The van der Waals surface area contributed by atoms with Crippen LogP contribution in [0.25, 0.3) is 5.69 Å². The third-order valence-corrected chi connectivity index (χ3v) is 7.40. The van der Waals surface area contributed by atoms with E-state index in [2.05, 4.69) is 30.1 Å². The van der Waals surface area contributed by atoms with Crippen molar-refractivity contribution in [2.24, 2.45) is 0 Å². The number of amides is 1. The molecular weight excluding hydrogens is 416 g/mol. The number of hydrogen-bond acceptors (Lipinski definition) is 4. The van der Waals surface area contributed by atoms with Gasteiger partial charge >= 0.3 is 0 Å². The third kappa shape index (κ3) is 3.37. The van der Waals surface area contributed by atoms with Gasteiger partial charge in [-0.25, -0.2) is 4.98 Å². The van der Waals surface area contributed by atoms with Crippen LogP contribution in [0.4, 0.5) is 0 Å². The van der Waals surface area contributed by atoms with E-state index < -0.39 is 0 Å². The first kappa shape index (κ1) is 20.3. The van der Waals surface area contributed by atoms with Crippen LogP contribution in [0.1, 0.15) is 59.4 Å². The highest BCUT2D eigenvalue weighted by Gasteiger charge is 2.39. The summed E-state index contributed by atoms with van der Waals surface area (Å²) in [6.45, 7) is 6.40. The Balaban J connectivity index is 1.30. The van der Waals surface area contributed by atoms with Gasteiger partial charge in [0.1, 0.15) is 17.1 Å². The normalized spacial score (nSPS) is 22.0. The Kier molecular flexibility index (Phi) is 4.50. The van der Waals surface area contributed by atoms with E-state index in [1.165, 1.54) is 24.0 Å². The molecule has 0 unspecified atom stereocenters. The van der Waals surface area contributed by atoms with Gasteiger partial charge in [0.15, 0.2) is 0 Å². The molecule has 4 heterocycles. The second-order valence-corrected chi connectivity index (χ2v) is 9.90. The van der Waals surface area contributed by atoms with Gasteiger partial charge in [-0.05, 0) is 55.9 Å². The summed E-state index contributed by atoms with van der Waals surface area (Å²) < 4.78 is 9.29.